The number of piperidine rings is 1. The maximum absolute atomic E-state index is 12.1. The van der Waals surface area contributed by atoms with Crippen molar-refractivity contribution < 1.29 is 9.47 Å². The Balaban J connectivity index is 1.49. The third-order valence-corrected chi connectivity index (χ3v) is 5.30. The molecule has 1 saturated heterocycles. The molecule has 140 valence electrons. The van der Waals surface area contributed by atoms with Crippen LogP contribution in [-0.4, -0.2) is 53.7 Å². The van der Waals surface area contributed by atoms with Crippen molar-refractivity contribution in [2.45, 2.75) is 32.1 Å². The van der Waals surface area contributed by atoms with Crippen molar-refractivity contribution >= 4 is 17.3 Å². The predicted octanol–water partition coefficient (Wildman–Crippen LogP) is 1.15. The number of ether oxygens (including phenoxy) is 2. The Morgan fingerprint density at radius 1 is 1.42 bits per heavy atom. The van der Waals surface area contributed by atoms with Crippen LogP contribution in [0.1, 0.15) is 25.0 Å². The first-order valence-electron chi connectivity index (χ1n) is 8.97. The second-order valence-corrected chi connectivity index (χ2v) is 7.18. The lowest BCUT2D eigenvalue weighted by atomic mass is 9.83. The van der Waals surface area contributed by atoms with Crippen molar-refractivity contribution in [3.8, 4) is 12.3 Å². The Bertz CT molecular complexity index is 742. The maximum atomic E-state index is 12.1. The highest BCUT2D eigenvalue weighted by atomic mass is 32.1. The van der Waals surface area contributed by atoms with Gasteiger partial charge in [0.2, 0.25) is 0 Å². The molecule has 6 nitrogen and oxygen atoms in total. The quantitative estimate of drug-likeness (QED) is 0.348. The molecule has 7 heteroatoms. The van der Waals surface area contributed by atoms with Gasteiger partial charge in [0.1, 0.15) is 6.61 Å². The molecular formula is C19H25N3O3S. The van der Waals surface area contributed by atoms with E-state index in [2.05, 4.69) is 22.2 Å². The van der Waals surface area contributed by atoms with Gasteiger partial charge in [-0.15, -0.1) is 6.42 Å². The van der Waals surface area contributed by atoms with Gasteiger partial charge >= 0.3 is 0 Å². The number of nitrogens with one attached hydrogen (secondary N) is 1. The van der Waals surface area contributed by atoms with E-state index in [1.165, 1.54) is 0 Å². The molecule has 0 radical (unpaired) electrons. The summed E-state index contributed by atoms with van der Waals surface area (Å²) in [5, 5.41) is 4.00. The molecule has 1 aromatic rings. The topological polar surface area (TPSA) is 55.7 Å². The van der Waals surface area contributed by atoms with Gasteiger partial charge in [-0.05, 0) is 37.5 Å². The smallest absolute Gasteiger partial charge is 0.250 e. The van der Waals surface area contributed by atoms with Crippen LogP contribution in [0.15, 0.2) is 23.0 Å². The van der Waals surface area contributed by atoms with Crippen molar-refractivity contribution in [2.24, 2.45) is 5.92 Å². The third kappa shape index (κ3) is 4.44. The van der Waals surface area contributed by atoms with Crippen molar-refractivity contribution in [3.05, 3.63) is 34.2 Å². The average molecular weight is 375 g/mol. The van der Waals surface area contributed by atoms with Crippen molar-refractivity contribution in [3.63, 3.8) is 0 Å². The van der Waals surface area contributed by atoms with Crippen LogP contribution in [0.5, 0.6) is 0 Å². The van der Waals surface area contributed by atoms with Crippen molar-refractivity contribution in [2.75, 3.05) is 32.8 Å². The highest BCUT2D eigenvalue weighted by Crippen LogP contribution is 2.34. The highest BCUT2D eigenvalue weighted by Gasteiger charge is 2.35. The fraction of sp³-hybridized carbons (Fsp3) is 0.579. The molecule has 2 aliphatic rings. The number of fused-ring (bicyclic) bond motifs is 4. The summed E-state index contributed by atoms with van der Waals surface area (Å²) in [6.07, 6.45) is 5.94. The fourth-order valence-electron chi connectivity index (χ4n) is 3.77. The van der Waals surface area contributed by atoms with Crippen LogP contribution < -0.4 is 10.9 Å². The maximum Gasteiger partial charge on any atom is 0.250 e. The number of aromatic nitrogens is 1. The normalized spacial score (nSPS) is 22.2. The zero-order valence-corrected chi connectivity index (χ0v) is 15.8. The number of likely N-dealkylation sites (tertiary alicyclic amines) is 1. The minimum atomic E-state index is -0.328. The van der Waals surface area contributed by atoms with Gasteiger partial charge in [0, 0.05) is 43.9 Å². The Kier molecular flexibility index (Phi) is 6.30. The van der Waals surface area contributed by atoms with E-state index in [0.717, 1.165) is 36.9 Å². The molecule has 3 rings (SSSR count). The molecule has 3 atom stereocenters. The number of hydrogen-bond donors (Lipinski definition) is 1. The van der Waals surface area contributed by atoms with Gasteiger partial charge in [-0.25, -0.2) is 0 Å². The van der Waals surface area contributed by atoms with Crippen LogP contribution in [0, 0.1) is 18.3 Å². The first-order valence-corrected chi connectivity index (χ1v) is 9.38. The predicted molar refractivity (Wildman–Crippen MR) is 104 cm³/mol. The summed E-state index contributed by atoms with van der Waals surface area (Å²) in [5.41, 5.74) is 1.23. The van der Waals surface area contributed by atoms with Crippen LogP contribution in [0.3, 0.4) is 0 Å². The molecule has 0 aromatic carbocycles. The van der Waals surface area contributed by atoms with Crippen molar-refractivity contribution in [1.82, 2.24) is 14.8 Å². The Morgan fingerprint density at radius 3 is 3.08 bits per heavy atom. The van der Waals surface area contributed by atoms with E-state index >= 15 is 0 Å². The summed E-state index contributed by atoms with van der Waals surface area (Å²) in [5.74, 6) is 3.22. The minimum Gasteiger partial charge on any atom is -0.360 e. The molecule has 1 aromatic heterocycles. The van der Waals surface area contributed by atoms with Crippen LogP contribution in [-0.2, 0) is 16.0 Å². The third-order valence-electron chi connectivity index (χ3n) is 4.90. The Labute approximate surface area is 159 Å². The van der Waals surface area contributed by atoms with E-state index < -0.39 is 0 Å². The highest BCUT2D eigenvalue weighted by molar-refractivity contribution is 7.80. The number of hydrogen-bond acceptors (Lipinski definition) is 4. The van der Waals surface area contributed by atoms with Crippen molar-refractivity contribution in [1.29, 1.82) is 0 Å². The molecule has 1 N–H and O–H groups in total. The zero-order chi connectivity index (χ0) is 18.5. The van der Waals surface area contributed by atoms with E-state index in [-0.39, 0.29) is 18.5 Å². The van der Waals surface area contributed by atoms with Crippen LogP contribution >= 0.6 is 12.2 Å². The van der Waals surface area contributed by atoms with E-state index in [4.69, 9.17) is 28.1 Å². The molecule has 0 aliphatic carbocycles. The van der Waals surface area contributed by atoms with E-state index in [1.54, 1.807) is 6.07 Å². The second kappa shape index (κ2) is 8.67. The summed E-state index contributed by atoms with van der Waals surface area (Å²) in [4.78, 5) is 14.3. The number of terminal acetylenes is 1. The monoisotopic (exact) mass is 375 g/mol. The molecule has 0 amide bonds. The van der Waals surface area contributed by atoms with Gasteiger partial charge in [-0.3, -0.25) is 4.79 Å². The number of pyridine rings is 1. The van der Waals surface area contributed by atoms with Gasteiger partial charge < -0.3 is 24.3 Å². The average Bonchev–Trinajstić information content (AvgIpc) is 2.64. The second-order valence-electron chi connectivity index (χ2n) is 6.79. The SMILES string of the molecule is C#CCOC(C)OCCNC(=S)N1C[C@H]2C[C@H](C1)c1cccc(=O)n1C2. The minimum absolute atomic E-state index is 0.102. The summed E-state index contributed by atoms with van der Waals surface area (Å²) >= 11 is 5.56. The summed E-state index contributed by atoms with van der Waals surface area (Å²) in [7, 11) is 0. The molecular weight excluding hydrogens is 350 g/mol. The number of thiocarbonyl (C=S) groups is 1. The number of rotatable bonds is 6. The number of nitrogens with zero attached hydrogens (tertiary/aromatic N) is 2. The zero-order valence-electron chi connectivity index (χ0n) is 15.0. The summed E-state index contributed by atoms with van der Waals surface area (Å²) in [6, 6.07) is 5.56. The molecule has 0 spiro atoms. The summed E-state index contributed by atoms with van der Waals surface area (Å²) in [6.45, 7) is 5.67. The van der Waals surface area contributed by atoms with Gasteiger partial charge in [-0.2, -0.15) is 0 Å². The largest absolute Gasteiger partial charge is 0.360 e. The lowest BCUT2D eigenvalue weighted by Crippen LogP contribution is -2.52. The Hall–Kier alpha value is -1.88. The first-order chi connectivity index (χ1) is 12.6. The Morgan fingerprint density at radius 2 is 2.27 bits per heavy atom. The van der Waals surface area contributed by atoms with Gasteiger partial charge in [0.25, 0.3) is 5.56 Å². The molecule has 3 heterocycles. The lowest BCUT2D eigenvalue weighted by Gasteiger charge is -2.43. The van der Waals surface area contributed by atoms with Gasteiger partial charge in [0.15, 0.2) is 11.4 Å². The van der Waals surface area contributed by atoms with E-state index in [1.807, 2.05) is 17.6 Å². The molecule has 0 saturated carbocycles. The van der Waals surface area contributed by atoms with E-state index in [9.17, 15) is 4.79 Å². The molecule has 2 aliphatic heterocycles. The fourth-order valence-corrected chi connectivity index (χ4v) is 4.02. The molecule has 1 unspecified atom stereocenters. The molecule has 1 fully saturated rings. The first kappa shape index (κ1) is 18.9. The van der Waals surface area contributed by atoms with Crippen LogP contribution in [0.2, 0.25) is 0 Å². The standard InChI is InChI=1S/C19H25N3O3S/c1-3-8-24-14(2)25-9-7-20-19(26)21-11-15-10-16(13-21)17-5-4-6-18(23)22(17)12-15/h1,4-6,14-16H,7-13H2,2H3,(H,20,26)/t14?,15-,16-/m1/s1. The lowest BCUT2D eigenvalue weighted by molar-refractivity contribution is -0.119. The van der Waals surface area contributed by atoms with Crippen LogP contribution in [0.4, 0.5) is 0 Å². The van der Waals surface area contributed by atoms with Gasteiger partial charge in [0.05, 0.1) is 6.61 Å². The molecule has 26 heavy (non-hydrogen) atoms. The summed E-state index contributed by atoms with van der Waals surface area (Å²) < 4.78 is 12.7. The van der Waals surface area contributed by atoms with Gasteiger partial charge in [-0.1, -0.05) is 12.0 Å². The van der Waals surface area contributed by atoms with E-state index in [0.29, 0.717) is 25.0 Å². The van der Waals surface area contributed by atoms with Crippen LogP contribution in [0.25, 0.3) is 0 Å². The molecule has 2 bridgehead atoms.